The number of benzene rings is 1. The zero-order valence-electron chi connectivity index (χ0n) is 16.6. The van der Waals surface area contributed by atoms with Crippen LogP contribution in [-0.2, 0) is 9.53 Å². The number of nitrogens with zero attached hydrogens (tertiary/aromatic N) is 2. The number of hydrogen-bond donors (Lipinski definition) is 1. The fraction of sp³-hybridized carbons (Fsp3) is 0.190. The molecule has 3 aromatic rings. The van der Waals surface area contributed by atoms with Gasteiger partial charge in [0.2, 0.25) is 0 Å². The zero-order valence-corrected chi connectivity index (χ0v) is 16.6. The molecule has 7 nitrogen and oxygen atoms in total. The number of carbonyl (C=O) groups excluding carboxylic acids is 2. The summed E-state index contributed by atoms with van der Waals surface area (Å²) in [6, 6.07) is 8.34. The molecule has 0 fully saturated rings. The molecule has 2 aromatic heterocycles. The van der Waals surface area contributed by atoms with Crippen molar-refractivity contribution < 1.29 is 32.2 Å². The number of nitrogens with one attached hydrogen (secondary N) is 1. The number of rotatable bonds is 6. The first-order valence-electron chi connectivity index (χ1n) is 9.16. The first-order valence-corrected chi connectivity index (χ1v) is 9.16. The lowest BCUT2D eigenvalue weighted by molar-refractivity contribution is -0.274. The number of pyridine rings is 1. The van der Waals surface area contributed by atoms with Gasteiger partial charge >= 0.3 is 12.3 Å². The summed E-state index contributed by atoms with van der Waals surface area (Å²) in [5, 5.41) is 6.78. The van der Waals surface area contributed by atoms with E-state index in [-0.39, 0.29) is 17.9 Å². The molecule has 2 heterocycles. The summed E-state index contributed by atoms with van der Waals surface area (Å²) in [5.41, 5.74) is 2.02. The van der Waals surface area contributed by atoms with Crippen molar-refractivity contribution in [3.05, 3.63) is 65.5 Å². The Hall–Kier alpha value is -3.82. The number of amides is 1. The third kappa shape index (κ3) is 5.62. The highest BCUT2D eigenvalue weighted by Gasteiger charge is 2.30. The number of fused-ring (bicyclic) bond motifs is 1. The number of alkyl halides is 3. The standard InChI is InChI=1S/C21H18F3N3O4/c1-3-30-20(29)17-12-25-27-9-8-15(11-18(17)27)26-19(28)13(2)10-14-4-6-16(7-5-14)31-21(22,23)24/h4-12H,3H2,1-2H3,(H,26,28)/b13-10+. The molecule has 1 N–H and O–H groups in total. The molecule has 3 rings (SSSR count). The second-order valence-corrected chi connectivity index (χ2v) is 6.42. The topological polar surface area (TPSA) is 81.9 Å². The fourth-order valence-corrected chi connectivity index (χ4v) is 2.74. The average Bonchev–Trinajstić information content (AvgIpc) is 3.12. The van der Waals surface area contributed by atoms with Gasteiger partial charge < -0.3 is 14.8 Å². The molecule has 0 aliphatic heterocycles. The van der Waals surface area contributed by atoms with Gasteiger partial charge in [0.15, 0.2) is 0 Å². The van der Waals surface area contributed by atoms with Gasteiger partial charge in [0, 0.05) is 17.5 Å². The zero-order chi connectivity index (χ0) is 22.6. The van der Waals surface area contributed by atoms with E-state index in [1.807, 2.05) is 0 Å². The maximum absolute atomic E-state index is 12.5. The number of hydrogen-bond acceptors (Lipinski definition) is 5. The molecule has 0 saturated carbocycles. The van der Waals surface area contributed by atoms with Gasteiger partial charge in [-0.1, -0.05) is 12.1 Å². The maximum Gasteiger partial charge on any atom is 0.573 e. The van der Waals surface area contributed by atoms with Gasteiger partial charge in [0.05, 0.1) is 18.3 Å². The highest BCUT2D eigenvalue weighted by atomic mass is 19.4. The lowest BCUT2D eigenvalue weighted by atomic mass is 10.1. The van der Waals surface area contributed by atoms with E-state index in [0.717, 1.165) is 12.1 Å². The number of anilines is 1. The SMILES string of the molecule is CCOC(=O)c1cnn2ccc(NC(=O)/C(C)=C/c3ccc(OC(F)(F)F)cc3)cc12. The minimum Gasteiger partial charge on any atom is -0.462 e. The van der Waals surface area contributed by atoms with Gasteiger partial charge in [-0.2, -0.15) is 5.10 Å². The van der Waals surface area contributed by atoms with Crippen molar-refractivity contribution in [2.45, 2.75) is 20.2 Å². The quantitative estimate of drug-likeness (QED) is 0.459. The van der Waals surface area contributed by atoms with Crippen molar-refractivity contribution >= 4 is 29.2 Å². The molecule has 162 valence electrons. The Morgan fingerprint density at radius 3 is 2.55 bits per heavy atom. The number of aromatic nitrogens is 2. The Bertz CT molecular complexity index is 1130. The summed E-state index contributed by atoms with van der Waals surface area (Å²) < 4.78 is 47.0. The van der Waals surface area contributed by atoms with E-state index in [9.17, 15) is 22.8 Å². The van der Waals surface area contributed by atoms with Crippen LogP contribution in [0.5, 0.6) is 5.75 Å². The van der Waals surface area contributed by atoms with Crippen molar-refractivity contribution in [3.8, 4) is 5.75 Å². The van der Waals surface area contributed by atoms with Gasteiger partial charge in [-0.3, -0.25) is 4.79 Å². The van der Waals surface area contributed by atoms with Gasteiger partial charge in [-0.05, 0) is 49.8 Å². The molecule has 1 aromatic carbocycles. The summed E-state index contributed by atoms with van der Waals surface area (Å²) in [4.78, 5) is 24.5. The van der Waals surface area contributed by atoms with Gasteiger partial charge in [0.25, 0.3) is 5.91 Å². The lowest BCUT2D eigenvalue weighted by Crippen LogP contribution is -2.17. The van der Waals surface area contributed by atoms with Crippen molar-refractivity contribution in [2.75, 3.05) is 11.9 Å². The second-order valence-electron chi connectivity index (χ2n) is 6.42. The Balaban J connectivity index is 1.73. The van der Waals surface area contributed by atoms with E-state index < -0.39 is 18.2 Å². The highest BCUT2D eigenvalue weighted by molar-refractivity contribution is 6.07. The smallest absolute Gasteiger partial charge is 0.462 e. The molecule has 0 saturated heterocycles. The number of esters is 1. The number of carbonyl (C=O) groups is 2. The Morgan fingerprint density at radius 2 is 1.90 bits per heavy atom. The molecule has 0 unspecified atom stereocenters. The fourth-order valence-electron chi connectivity index (χ4n) is 2.74. The molecular weight excluding hydrogens is 415 g/mol. The third-order valence-corrected chi connectivity index (χ3v) is 4.13. The molecule has 31 heavy (non-hydrogen) atoms. The first kappa shape index (κ1) is 21.9. The van der Waals surface area contributed by atoms with E-state index in [1.54, 1.807) is 32.2 Å². The average molecular weight is 433 g/mol. The van der Waals surface area contributed by atoms with Crippen molar-refractivity contribution in [2.24, 2.45) is 0 Å². The van der Waals surface area contributed by atoms with Crippen LogP contribution in [0.3, 0.4) is 0 Å². The van der Waals surface area contributed by atoms with Crippen LogP contribution < -0.4 is 10.1 Å². The Morgan fingerprint density at radius 1 is 1.19 bits per heavy atom. The van der Waals surface area contributed by atoms with E-state index in [0.29, 0.717) is 22.3 Å². The van der Waals surface area contributed by atoms with Crippen LogP contribution in [0.4, 0.5) is 18.9 Å². The predicted molar refractivity (Wildman–Crippen MR) is 107 cm³/mol. The molecule has 0 radical (unpaired) electrons. The van der Waals surface area contributed by atoms with Crippen LogP contribution in [-0.4, -0.2) is 34.5 Å². The van der Waals surface area contributed by atoms with Crippen LogP contribution in [0.25, 0.3) is 11.6 Å². The molecular formula is C21H18F3N3O4. The van der Waals surface area contributed by atoms with Gasteiger partial charge in [-0.25, -0.2) is 9.31 Å². The van der Waals surface area contributed by atoms with E-state index in [2.05, 4.69) is 15.2 Å². The minimum atomic E-state index is -4.77. The van der Waals surface area contributed by atoms with Crippen LogP contribution in [0.1, 0.15) is 29.8 Å². The molecule has 0 atom stereocenters. The van der Waals surface area contributed by atoms with Gasteiger partial charge in [0.1, 0.15) is 11.3 Å². The number of halogens is 3. The summed E-state index contributed by atoms with van der Waals surface area (Å²) in [7, 11) is 0. The first-order chi connectivity index (χ1) is 14.7. The van der Waals surface area contributed by atoms with Crippen LogP contribution >= 0.6 is 0 Å². The summed E-state index contributed by atoms with van der Waals surface area (Å²) in [5.74, 6) is -1.29. The van der Waals surface area contributed by atoms with Crippen molar-refractivity contribution in [3.63, 3.8) is 0 Å². The van der Waals surface area contributed by atoms with Gasteiger partial charge in [-0.15, -0.1) is 13.2 Å². The summed E-state index contributed by atoms with van der Waals surface area (Å²) in [6.07, 6.45) is -0.270. The van der Waals surface area contributed by atoms with Crippen molar-refractivity contribution in [1.82, 2.24) is 9.61 Å². The van der Waals surface area contributed by atoms with Crippen LogP contribution in [0.15, 0.2) is 54.4 Å². The second kappa shape index (κ2) is 8.90. The third-order valence-electron chi connectivity index (χ3n) is 4.13. The molecule has 10 heteroatoms. The Kier molecular flexibility index (Phi) is 6.28. The van der Waals surface area contributed by atoms with Crippen LogP contribution in [0, 0.1) is 0 Å². The summed E-state index contributed by atoms with van der Waals surface area (Å²) >= 11 is 0. The highest BCUT2D eigenvalue weighted by Crippen LogP contribution is 2.23. The summed E-state index contributed by atoms with van der Waals surface area (Å²) in [6.45, 7) is 3.48. The normalized spacial score (nSPS) is 12.0. The monoisotopic (exact) mass is 433 g/mol. The van der Waals surface area contributed by atoms with Crippen molar-refractivity contribution in [1.29, 1.82) is 0 Å². The lowest BCUT2D eigenvalue weighted by Gasteiger charge is -2.09. The molecule has 1 amide bonds. The van der Waals surface area contributed by atoms with E-state index in [4.69, 9.17) is 4.74 Å². The molecule has 0 aliphatic carbocycles. The molecule has 0 bridgehead atoms. The molecule has 0 aliphatic rings. The Labute approximate surface area is 175 Å². The van der Waals surface area contributed by atoms with E-state index >= 15 is 0 Å². The number of ether oxygens (including phenoxy) is 2. The predicted octanol–water partition coefficient (Wildman–Crippen LogP) is 4.45. The largest absolute Gasteiger partial charge is 0.573 e. The van der Waals surface area contributed by atoms with Crippen LogP contribution in [0.2, 0.25) is 0 Å². The maximum atomic E-state index is 12.5. The van der Waals surface area contributed by atoms with E-state index in [1.165, 1.54) is 28.9 Å². The minimum absolute atomic E-state index is 0.222. The molecule has 0 spiro atoms.